The van der Waals surface area contributed by atoms with E-state index in [2.05, 4.69) is 10.3 Å². The van der Waals surface area contributed by atoms with Gasteiger partial charge in [-0.1, -0.05) is 23.7 Å². The number of hydrogen-bond acceptors (Lipinski definition) is 5. The minimum Gasteiger partial charge on any atom is -0.448 e. The van der Waals surface area contributed by atoms with Gasteiger partial charge in [-0.25, -0.2) is 9.78 Å². The molecule has 0 bridgehead atoms. The molecule has 1 atom stereocenters. The molecule has 0 aliphatic heterocycles. The number of nitrogens with zero attached hydrogens (tertiary/aromatic N) is 2. The number of fused-ring (bicyclic) bond motifs is 1. The minimum atomic E-state index is -0.979. The predicted octanol–water partition coefficient (Wildman–Crippen LogP) is 3.85. The molecule has 0 radical (unpaired) electrons. The van der Waals surface area contributed by atoms with Gasteiger partial charge in [0.2, 0.25) is 0 Å². The molecule has 1 N–H and O–H groups in total. The first kappa shape index (κ1) is 17.4. The van der Waals surface area contributed by atoms with Crippen LogP contribution in [-0.4, -0.2) is 27.4 Å². The molecule has 3 rings (SSSR count). The van der Waals surface area contributed by atoms with Crippen molar-refractivity contribution in [2.45, 2.75) is 26.9 Å². The van der Waals surface area contributed by atoms with E-state index in [-0.39, 0.29) is 10.8 Å². The summed E-state index contributed by atoms with van der Waals surface area (Å²) in [7, 11) is 0. The van der Waals surface area contributed by atoms with E-state index >= 15 is 0 Å². The predicted molar refractivity (Wildman–Crippen MR) is 97.5 cm³/mol. The largest absolute Gasteiger partial charge is 0.448 e. The first-order valence-corrected chi connectivity index (χ1v) is 8.82. The summed E-state index contributed by atoms with van der Waals surface area (Å²) in [6, 6.07) is 5.74. The number of amides is 1. The fourth-order valence-electron chi connectivity index (χ4n) is 2.32. The lowest BCUT2D eigenvalue weighted by Crippen LogP contribution is -2.30. The molecule has 8 heteroatoms. The SMILES string of the molecule is Cc1ccc(C)c(NC(=O)[C@H](C)OC(=O)c2c(Cl)nc3sccn23)c1. The van der Waals surface area contributed by atoms with E-state index in [4.69, 9.17) is 16.3 Å². The topological polar surface area (TPSA) is 72.7 Å². The Morgan fingerprint density at radius 3 is 2.88 bits per heavy atom. The number of carbonyl (C=O) groups is 2. The molecule has 2 aromatic heterocycles. The number of halogens is 1. The Kier molecular flexibility index (Phi) is 4.78. The van der Waals surface area contributed by atoms with E-state index in [1.807, 2.05) is 32.0 Å². The third kappa shape index (κ3) is 3.52. The van der Waals surface area contributed by atoms with Gasteiger partial charge in [-0.15, -0.1) is 11.3 Å². The van der Waals surface area contributed by atoms with Gasteiger partial charge in [-0.2, -0.15) is 0 Å². The molecule has 130 valence electrons. The summed E-state index contributed by atoms with van der Waals surface area (Å²) in [5.41, 5.74) is 2.76. The Morgan fingerprint density at radius 2 is 2.12 bits per heavy atom. The average Bonchev–Trinajstić information content (AvgIpc) is 3.10. The number of benzene rings is 1. The van der Waals surface area contributed by atoms with Crippen molar-refractivity contribution in [1.29, 1.82) is 0 Å². The monoisotopic (exact) mass is 377 g/mol. The van der Waals surface area contributed by atoms with Crippen LogP contribution >= 0.6 is 22.9 Å². The summed E-state index contributed by atoms with van der Waals surface area (Å²) in [5, 5.41) is 4.62. The summed E-state index contributed by atoms with van der Waals surface area (Å²) in [5.74, 6) is -1.11. The number of esters is 1. The Bertz CT molecular complexity index is 963. The number of carbonyl (C=O) groups excluding carboxylic acids is 2. The molecule has 0 saturated carbocycles. The number of imidazole rings is 1. The standard InChI is InChI=1S/C17H16ClN3O3S/c1-9-4-5-10(2)12(8-9)19-15(22)11(3)24-16(23)13-14(18)20-17-21(13)6-7-25-17/h4-8,11H,1-3H3,(H,19,22)/t11-/m0/s1. The summed E-state index contributed by atoms with van der Waals surface area (Å²) < 4.78 is 6.81. The van der Waals surface area contributed by atoms with E-state index in [1.54, 1.807) is 16.0 Å². The lowest BCUT2D eigenvalue weighted by atomic mass is 10.1. The summed E-state index contributed by atoms with van der Waals surface area (Å²) in [4.78, 5) is 29.4. The molecule has 1 amide bonds. The van der Waals surface area contributed by atoms with Crippen LogP contribution < -0.4 is 5.32 Å². The van der Waals surface area contributed by atoms with Crippen LogP contribution in [0, 0.1) is 13.8 Å². The number of anilines is 1. The summed E-state index contributed by atoms with van der Waals surface area (Å²) >= 11 is 7.36. The third-order valence-electron chi connectivity index (χ3n) is 3.72. The first-order valence-electron chi connectivity index (χ1n) is 7.57. The Balaban J connectivity index is 1.73. The molecule has 0 spiro atoms. The lowest BCUT2D eigenvalue weighted by molar-refractivity contribution is -0.123. The normalized spacial score (nSPS) is 12.2. The zero-order valence-corrected chi connectivity index (χ0v) is 15.4. The van der Waals surface area contributed by atoms with Crippen LogP contribution in [0.3, 0.4) is 0 Å². The molecule has 6 nitrogen and oxygen atoms in total. The van der Waals surface area contributed by atoms with E-state index in [0.717, 1.165) is 11.1 Å². The van der Waals surface area contributed by atoms with E-state index in [1.165, 1.54) is 18.3 Å². The molecule has 25 heavy (non-hydrogen) atoms. The fraction of sp³-hybridized carbons (Fsp3) is 0.235. The van der Waals surface area contributed by atoms with Gasteiger partial charge < -0.3 is 10.1 Å². The number of thiazole rings is 1. The van der Waals surface area contributed by atoms with Gasteiger partial charge in [0.25, 0.3) is 5.91 Å². The van der Waals surface area contributed by atoms with Crippen molar-refractivity contribution in [1.82, 2.24) is 9.38 Å². The summed E-state index contributed by atoms with van der Waals surface area (Å²) in [6.07, 6.45) is 0.698. The van der Waals surface area contributed by atoms with Gasteiger partial charge >= 0.3 is 5.97 Å². The summed E-state index contributed by atoms with van der Waals surface area (Å²) in [6.45, 7) is 5.34. The fourth-order valence-corrected chi connectivity index (χ4v) is 3.33. The third-order valence-corrected chi connectivity index (χ3v) is 4.74. The van der Waals surface area contributed by atoms with Crippen molar-refractivity contribution in [2.24, 2.45) is 0 Å². The van der Waals surface area contributed by atoms with Gasteiger partial charge in [0.1, 0.15) is 0 Å². The zero-order chi connectivity index (χ0) is 18.1. The number of nitrogens with one attached hydrogen (secondary N) is 1. The van der Waals surface area contributed by atoms with Gasteiger partial charge in [0.15, 0.2) is 21.9 Å². The maximum atomic E-state index is 12.4. The van der Waals surface area contributed by atoms with Gasteiger partial charge in [-0.3, -0.25) is 9.20 Å². The van der Waals surface area contributed by atoms with Crippen LogP contribution in [0.25, 0.3) is 4.96 Å². The second-order valence-electron chi connectivity index (χ2n) is 5.66. The second-order valence-corrected chi connectivity index (χ2v) is 6.89. The maximum absolute atomic E-state index is 12.4. The van der Waals surface area contributed by atoms with Crippen molar-refractivity contribution in [3.05, 3.63) is 51.7 Å². The minimum absolute atomic E-state index is 0.0546. The van der Waals surface area contributed by atoms with Crippen LogP contribution in [0.1, 0.15) is 28.5 Å². The van der Waals surface area contributed by atoms with Crippen LogP contribution in [0.2, 0.25) is 5.15 Å². The first-order chi connectivity index (χ1) is 11.9. The highest BCUT2D eigenvalue weighted by atomic mass is 35.5. The molecule has 0 aliphatic rings. The molecule has 0 unspecified atom stereocenters. The number of aromatic nitrogens is 2. The van der Waals surface area contributed by atoms with Crippen LogP contribution in [0.4, 0.5) is 5.69 Å². The molecule has 0 fully saturated rings. The van der Waals surface area contributed by atoms with E-state index in [9.17, 15) is 9.59 Å². The van der Waals surface area contributed by atoms with E-state index < -0.39 is 18.0 Å². The van der Waals surface area contributed by atoms with Crippen LogP contribution in [0.15, 0.2) is 29.8 Å². The molecule has 0 saturated heterocycles. The van der Waals surface area contributed by atoms with E-state index in [0.29, 0.717) is 10.6 Å². The maximum Gasteiger partial charge on any atom is 0.359 e. The van der Waals surface area contributed by atoms with Gasteiger partial charge in [0.05, 0.1) is 0 Å². The van der Waals surface area contributed by atoms with Crippen molar-refractivity contribution >= 4 is 45.5 Å². The molecule has 2 heterocycles. The van der Waals surface area contributed by atoms with Crippen molar-refractivity contribution < 1.29 is 14.3 Å². The Hall–Kier alpha value is -2.38. The number of hydrogen-bond donors (Lipinski definition) is 1. The van der Waals surface area contributed by atoms with Crippen molar-refractivity contribution in [2.75, 3.05) is 5.32 Å². The second kappa shape index (κ2) is 6.85. The highest BCUT2D eigenvalue weighted by Gasteiger charge is 2.25. The van der Waals surface area contributed by atoms with Crippen LogP contribution in [0.5, 0.6) is 0 Å². The molecule has 1 aromatic carbocycles. The lowest BCUT2D eigenvalue weighted by Gasteiger charge is -2.15. The average molecular weight is 378 g/mol. The zero-order valence-electron chi connectivity index (χ0n) is 13.9. The quantitative estimate of drug-likeness (QED) is 0.701. The number of aryl methyl sites for hydroxylation is 2. The molecular weight excluding hydrogens is 362 g/mol. The number of rotatable bonds is 4. The molecular formula is C17H16ClN3O3S. The van der Waals surface area contributed by atoms with Gasteiger partial charge in [0, 0.05) is 17.3 Å². The van der Waals surface area contributed by atoms with Crippen molar-refractivity contribution in [3.8, 4) is 0 Å². The van der Waals surface area contributed by atoms with Crippen LogP contribution in [-0.2, 0) is 9.53 Å². The Morgan fingerprint density at radius 1 is 1.36 bits per heavy atom. The van der Waals surface area contributed by atoms with Crippen molar-refractivity contribution in [3.63, 3.8) is 0 Å². The Labute approximate surface area is 153 Å². The molecule has 3 aromatic rings. The molecule has 0 aliphatic carbocycles. The highest BCUT2D eigenvalue weighted by molar-refractivity contribution is 7.15. The highest BCUT2D eigenvalue weighted by Crippen LogP contribution is 2.23. The number of ether oxygens (including phenoxy) is 1. The smallest absolute Gasteiger partial charge is 0.359 e. The van der Waals surface area contributed by atoms with Gasteiger partial charge in [-0.05, 0) is 38.0 Å².